The van der Waals surface area contributed by atoms with Gasteiger partial charge in [0.2, 0.25) is 29.5 Å². The lowest BCUT2D eigenvalue weighted by molar-refractivity contribution is -0.143. The smallest absolute Gasteiger partial charge is 0.326 e. The number of aliphatic hydroxyl groups is 1. The molecule has 0 aliphatic heterocycles. The second-order valence-corrected chi connectivity index (χ2v) is 7.97. The number of amides is 5. The number of hydrogen-bond acceptors (Lipinski definition) is 8. The number of hydrogen-bond donors (Lipinski definition) is 8. The van der Waals surface area contributed by atoms with E-state index in [2.05, 4.69) is 16.0 Å². The van der Waals surface area contributed by atoms with Crippen molar-refractivity contribution < 1.29 is 39.0 Å². The largest absolute Gasteiger partial charge is 0.480 e. The van der Waals surface area contributed by atoms with Crippen LogP contribution in [0.3, 0.4) is 0 Å². The zero-order valence-corrected chi connectivity index (χ0v) is 18.9. The van der Waals surface area contributed by atoms with Crippen LogP contribution in [0.2, 0.25) is 0 Å². The van der Waals surface area contributed by atoms with Crippen molar-refractivity contribution in [1.82, 2.24) is 16.0 Å². The lowest BCUT2D eigenvalue weighted by atomic mass is 10.0. The number of aliphatic hydroxyl groups excluding tert-OH is 1. The van der Waals surface area contributed by atoms with E-state index in [1.165, 1.54) is 6.92 Å². The Bertz CT molecular complexity index is 742. The Morgan fingerprint density at radius 3 is 1.64 bits per heavy atom. The maximum Gasteiger partial charge on any atom is 0.326 e. The predicted octanol–water partition coefficient (Wildman–Crippen LogP) is -3.58. The van der Waals surface area contributed by atoms with E-state index in [9.17, 15) is 39.0 Å². The van der Waals surface area contributed by atoms with Gasteiger partial charge < -0.3 is 43.4 Å². The van der Waals surface area contributed by atoms with Crippen LogP contribution < -0.4 is 33.2 Å². The van der Waals surface area contributed by atoms with Gasteiger partial charge >= 0.3 is 5.97 Å². The second-order valence-electron chi connectivity index (χ2n) is 7.97. The van der Waals surface area contributed by atoms with Crippen LogP contribution in [0.5, 0.6) is 0 Å². The van der Waals surface area contributed by atoms with Crippen molar-refractivity contribution in [3.63, 3.8) is 0 Å². The number of rotatable bonds is 15. The first-order valence-electron chi connectivity index (χ1n) is 10.3. The van der Waals surface area contributed by atoms with E-state index in [0.29, 0.717) is 0 Å². The summed E-state index contributed by atoms with van der Waals surface area (Å²) in [7, 11) is 0. The highest BCUT2D eigenvalue weighted by molar-refractivity contribution is 5.94. The van der Waals surface area contributed by atoms with Crippen molar-refractivity contribution in [1.29, 1.82) is 0 Å². The first kappa shape index (κ1) is 29.7. The van der Waals surface area contributed by atoms with Crippen LogP contribution in [0, 0.1) is 5.92 Å². The van der Waals surface area contributed by atoms with Gasteiger partial charge in [-0.25, -0.2) is 4.79 Å². The Balaban J connectivity index is 5.32. The van der Waals surface area contributed by atoms with Crippen molar-refractivity contribution in [2.45, 2.75) is 76.7 Å². The molecule has 188 valence electrons. The molecule has 0 saturated carbocycles. The van der Waals surface area contributed by atoms with E-state index >= 15 is 0 Å². The number of nitrogens with one attached hydrogen (secondary N) is 3. The van der Waals surface area contributed by atoms with Gasteiger partial charge in [0.05, 0.1) is 12.1 Å². The molecule has 0 saturated heterocycles. The highest BCUT2D eigenvalue weighted by atomic mass is 16.4. The number of aliphatic carboxylic acids is 1. The van der Waals surface area contributed by atoms with E-state index in [-0.39, 0.29) is 25.7 Å². The third kappa shape index (κ3) is 11.2. The van der Waals surface area contributed by atoms with Crippen molar-refractivity contribution >= 4 is 35.5 Å². The summed E-state index contributed by atoms with van der Waals surface area (Å²) < 4.78 is 0. The molecule has 0 aromatic heterocycles. The first-order chi connectivity index (χ1) is 15.2. The van der Waals surface area contributed by atoms with Gasteiger partial charge in [-0.05, 0) is 25.7 Å². The van der Waals surface area contributed by atoms with Crippen LogP contribution in [0.15, 0.2) is 0 Å². The molecule has 0 fully saturated rings. The molecule has 0 aliphatic rings. The molecule has 0 aromatic carbocycles. The lowest BCUT2D eigenvalue weighted by Gasteiger charge is -2.28. The van der Waals surface area contributed by atoms with Crippen LogP contribution >= 0.6 is 0 Å². The molecule has 14 heteroatoms. The molecule has 0 radical (unpaired) electrons. The maximum absolute atomic E-state index is 12.7. The van der Waals surface area contributed by atoms with Crippen molar-refractivity contribution in [3.8, 4) is 0 Å². The molecule has 0 heterocycles. The summed E-state index contributed by atoms with van der Waals surface area (Å²) in [5.74, 6) is -5.89. The molecule has 0 aliphatic carbocycles. The zero-order chi connectivity index (χ0) is 25.9. The van der Waals surface area contributed by atoms with Crippen molar-refractivity contribution in [3.05, 3.63) is 0 Å². The Labute approximate surface area is 191 Å². The summed E-state index contributed by atoms with van der Waals surface area (Å²) in [5, 5.41) is 26.1. The quantitative estimate of drug-likeness (QED) is 0.116. The highest BCUT2D eigenvalue weighted by Gasteiger charge is 2.33. The molecular weight excluding hydrogens is 440 g/mol. The van der Waals surface area contributed by atoms with Gasteiger partial charge in [0.15, 0.2) is 0 Å². The Kier molecular flexibility index (Phi) is 12.6. The summed E-state index contributed by atoms with van der Waals surface area (Å²) in [4.78, 5) is 70.7. The fourth-order valence-electron chi connectivity index (χ4n) is 2.68. The van der Waals surface area contributed by atoms with Gasteiger partial charge in [0.25, 0.3) is 0 Å². The van der Waals surface area contributed by atoms with E-state index < -0.39 is 71.7 Å². The van der Waals surface area contributed by atoms with Gasteiger partial charge in [-0.3, -0.25) is 24.0 Å². The minimum absolute atomic E-state index is 0.0752. The Hall–Kier alpha value is -3.26. The fourth-order valence-corrected chi connectivity index (χ4v) is 2.68. The van der Waals surface area contributed by atoms with Crippen LogP contribution in [0.25, 0.3) is 0 Å². The molecule has 5 amide bonds. The topological polar surface area (TPSA) is 257 Å². The molecule has 0 bridgehead atoms. The van der Waals surface area contributed by atoms with Gasteiger partial charge in [0.1, 0.15) is 18.1 Å². The normalized spacial score (nSPS) is 15.5. The Morgan fingerprint density at radius 1 is 0.758 bits per heavy atom. The maximum atomic E-state index is 12.7. The van der Waals surface area contributed by atoms with Crippen molar-refractivity contribution in [2.75, 3.05) is 0 Å². The third-order valence-electron chi connectivity index (χ3n) is 4.64. The summed E-state index contributed by atoms with van der Waals surface area (Å²) >= 11 is 0. The third-order valence-corrected chi connectivity index (χ3v) is 4.64. The van der Waals surface area contributed by atoms with E-state index in [1.807, 2.05) is 0 Å². The van der Waals surface area contributed by atoms with Crippen LogP contribution in [-0.4, -0.2) is 76.0 Å². The van der Waals surface area contributed by atoms with Crippen LogP contribution in [-0.2, 0) is 28.8 Å². The first-order valence-corrected chi connectivity index (χ1v) is 10.3. The zero-order valence-electron chi connectivity index (χ0n) is 18.9. The number of carbonyl (C=O) groups is 6. The van der Waals surface area contributed by atoms with Gasteiger partial charge in [-0.15, -0.1) is 0 Å². The number of carboxylic acids is 1. The van der Waals surface area contributed by atoms with E-state index in [1.54, 1.807) is 13.8 Å². The van der Waals surface area contributed by atoms with Gasteiger partial charge in [-0.1, -0.05) is 13.8 Å². The van der Waals surface area contributed by atoms with Crippen molar-refractivity contribution in [2.24, 2.45) is 23.1 Å². The molecule has 33 heavy (non-hydrogen) atoms. The molecular formula is C19H34N6O8. The van der Waals surface area contributed by atoms with Crippen LogP contribution in [0.1, 0.15) is 46.5 Å². The summed E-state index contributed by atoms with van der Waals surface area (Å²) in [6.07, 6.45) is -2.13. The minimum Gasteiger partial charge on any atom is -0.480 e. The molecule has 5 unspecified atom stereocenters. The van der Waals surface area contributed by atoms with Crippen LogP contribution in [0.4, 0.5) is 0 Å². The molecule has 0 spiro atoms. The summed E-state index contributed by atoms with van der Waals surface area (Å²) in [5.41, 5.74) is 15.7. The number of carboxylic acid groups (broad SMARTS) is 1. The highest BCUT2D eigenvalue weighted by Crippen LogP contribution is 2.07. The standard InChI is InChI=1S/C19H34N6O8/c1-8(2)14(17(30)23-11(19(32)33)5-7-13(22)28)24-18(31)15(9(3)26)25-16(29)10(20)4-6-12(21)27/h8-11,14-15,26H,4-7,20H2,1-3H3,(H2,21,27)(H2,22,28)(H,23,30)(H,24,31)(H,25,29)(H,32,33). The lowest BCUT2D eigenvalue weighted by Crippen LogP contribution is -2.60. The monoisotopic (exact) mass is 474 g/mol. The summed E-state index contributed by atoms with van der Waals surface area (Å²) in [6.45, 7) is 4.40. The molecule has 0 aromatic rings. The van der Waals surface area contributed by atoms with E-state index in [0.717, 1.165) is 0 Å². The number of primary amides is 2. The predicted molar refractivity (Wildman–Crippen MR) is 115 cm³/mol. The number of carbonyl (C=O) groups excluding carboxylic acids is 5. The van der Waals surface area contributed by atoms with Gasteiger partial charge in [0, 0.05) is 12.8 Å². The molecule has 14 nitrogen and oxygen atoms in total. The van der Waals surface area contributed by atoms with Gasteiger partial charge in [-0.2, -0.15) is 0 Å². The molecule has 11 N–H and O–H groups in total. The average molecular weight is 475 g/mol. The SMILES string of the molecule is CC(C)C(NC(=O)C(NC(=O)C(N)CCC(N)=O)C(C)O)C(=O)NC(CCC(N)=O)C(=O)O. The summed E-state index contributed by atoms with van der Waals surface area (Å²) in [6, 6.07) is -5.30. The number of nitrogens with two attached hydrogens (primary N) is 3. The Morgan fingerprint density at radius 2 is 1.21 bits per heavy atom. The molecule has 0 rings (SSSR count). The van der Waals surface area contributed by atoms with E-state index in [4.69, 9.17) is 17.2 Å². The molecule has 5 atom stereocenters. The fraction of sp³-hybridized carbons (Fsp3) is 0.684. The second kappa shape index (κ2) is 14.0. The minimum atomic E-state index is -1.49. The average Bonchev–Trinajstić information content (AvgIpc) is 2.69.